The highest BCUT2D eigenvalue weighted by molar-refractivity contribution is 6.31. The lowest BCUT2D eigenvalue weighted by atomic mass is 10.0. The summed E-state index contributed by atoms with van der Waals surface area (Å²) >= 11 is 6.27. The molecule has 1 heterocycles. The van der Waals surface area contributed by atoms with Crippen LogP contribution < -0.4 is 5.73 Å². The van der Waals surface area contributed by atoms with Gasteiger partial charge >= 0.3 is 0 Å². The molecule has 4 heteroatoms. The van der Waals surface area contributed by atoms with Crippen molar-refractivity contribution < 1.29 is 4.79 Å². The summed E-state index contributed by atoms with van der Waals surface area (Å²) < 4.78 is 0. The Labute approximate surface area is 126 Å². The van der Waals surface area contributed by atoms with Crippen molar-refractivity contribution in [3.8, 4) is 0 Å². The fourth-order valence-corrected chi connectivity index (χ4v) is 3.11. The van der Waals surface area contributed by atoms with Crippen molar-refractivity contribution in [2.75, 3.05) is 6.54 Å². The molecule has 2 N–H and O–H groups in total. The molecule has 2 unspecified atom stereocenters. The molecule has 1 aliphatic heterocycles. The average molecular weight is 295 g/mol. The van der Waals surface area contributed by atoms with E-state index in [2.05, 4.69) is 0 Å². The minimum absolute atomic E-state index is 0.145. The van der Waals surface area contributed by atoms with E-state index >= 15 is 0 Å². The van der Waals surface area contributed by atoms with Crippen molar-refractivity contribution in [3.63, 3.8) is 0 Å². The van der Waals surface area contributed by atoms with Crippen LogP contribution in [0.25, 0.3) is 0 Å². The van der Waals surface area contributed by atoms with E-state index in [9.17, 15) is 4.79 Å². The van der Waals surface area contributed by atoms with Crippen LogP contribution in [0.2, 0.25) is 5.02 Å². The first-order chi connectivity index (χ1) is 9.59. The van der Waals surface area contributed by atoms with E-state index in [-0.39, 0.29) is 18.0 Å². The third kappa shape index (κ3) is 3.74. The molecule has 0 saturated carbocycles. The maximum atomic E-state index is 12.4. The number of hydrogen-bond donors (Lipinski definition) is 1. The number of hydrogen-bond acceptors (Lipinski definition) is 2. The average Bonchev–Trinajstić information content (AvgIpc) is 2.87. The van der Waals surface area contributed by atoms with Gasteiger partial charge in [-0.2, -0.15) is 0 Å². The van der Waals surface area contributed by atoms with Gasteiger partial charge in [0.25, 0.3) is 0 Å². The van der Waals surface area contributed by atoms with Crippen LogP contribution in [0.3, 0.4) is 0 Å². The molecule has 2 rings (SSSR count). The van der Waals surface area contributed by atoms with Gasteiger partial charge in [0, 0.05) is 24.0 Å². The molecule has 1 saturated heterocycles. The SMILES string of the molecule is CC(N)CCCC(=O)N1CCCC1c1ccccc1Cl. The summed E-state index contributed by atoms with van der Waals surface area (Å²) in [5.41, 5.74) is 6.80. The summed E-state index contributed by atoms with van der Waals surface area (Å²) in [7, 11) is 0. The normalized spacial score (nSPS) is 20.1. The first kappa shape index (κ1) is 15.3. The van der Waals surface area contributed by atoms with E-state index in [4.69, 9.17) is 17.3 Å². The molecule has 20 heavy (non-hydrogen) atoms. The third-order valence-corrected chi connectivity index (χ3v) is 4.23. The lowest BCUT2D eigenvalue weighted by Gasteiger charge is -2.26. The topological polar surface area (TPSA) is 46.3 Å². The maximum Gasteiger partial charge on any atom is 0.223 e. The first-order valence-corrected chi connectivity index (χ1v) is 7.77. The number of amides is 1. The fraction of sp³-hybridized carbons (Fsp3) is 0.562. The number of benzene rings is 1. The third-order valence-electron chi connectivity index (χ3n) is 3.89. The minimum atomic E-state index is 0.145. The molecule has 0 aromatic heterocycles. The zero-order valence-electron chi connectivity index (χ0n) is 12.0. The number of likely N-dealkylation sites (tertiary alicyclic amines) is 1. The lowest BCUT2D eigenvalue weighted by Crippen LogP contribution is -2.30. The highest BCUT2D eigenvalue weighted by atomic mass is 35.5. The molecular weight excluding hydrogens is 272 g/mol. The molecule has 2 atom stereocenters. The van der Waals surface area contributed by atoms with Crippen molar-refractivity contribution >= 4 is 17.5 Å². The van der Waals surface area contributed by atoms with E-state index < -0.39 is 0 Å². The summed E-state index contributed by atoms with van der Waals surface area (Å²) in [6, 6.07) is 8.15. The molecule has 0 spiro atoms. The van der Waals surface area contributed by atoms with Gasteiger partial charge in [-0.3, -0.25) is 4.79 Å². The second kappa shape index (κ2) is 7.09. The Kier molecular flexibility index (Phi) is 5.44. The number of halogens is 1. The van der Waals surface area contributed by atoms with Crippen molar-refractivity contribution in [3.05, 3.63) is 34.9 Å². The quantitative estimate of drug-likeness (QED) is 0.903. The van der Waals surface area contributed by atoms with Gasteiger partial charge in [0.2, 0.25) is 5.91 Å². The van der Waals surface area contributed by atoms with Crippen molar-refractivity contribution in [2.24, 2.45) is 5.73 Å². The fourth-order valence-electron chi connectivity index (χ4n) is 2.85. The van der Waals surface area contributed by atoms with E-state index in [1.165, 1.54) is 0 Å². The number of carbonyl (C=O) groups excluding carboxylic acids is 1. The van der Waals surface area contributed by atoms with Crippen LogP contribution in [0.15, 0.2) is 24.3 Å². The molecule has 1 aromatic carbocycles. The maximum absolute atomic E-state index is 12.4. The van der Waals surface area contributed by atoms with Gasteiger partial charge in [-0.05, 0) is 44.2 Å². The smallest absolute Gasteiger partial charge is 0.223 e. The molecule has 3 nitrogen and oxygen atoms in total. The van der Waals surface area contributed by atoms with E-state index in [1.54, 1.807) is 0 Å². The standard InChI is InChI=1S/C16H23ClN2O/c1-12(18)6-4-10-16(20)19-11-5-9-15(19)13-7-2-3-8-14(13)17/h2-3,7-8,12,15H,4-6,9-11,18H2,1H3. The second-order valence-electron chi connectivity index (χ2n) is 5.64. The molecule has 1 amide bonds. The summed E-state index contributed by atoms with van der Waals surface area (Å²) in [6.07, 6.45) is 4.40. The Hall–Kier alpha value is -1.06. The monoisotopic (exact) mass is 294 g/mol. The highest BCUT2D eigenvalue weighted by Crippen LogP contribution is 2.36. The molecular formula is C16H23ClN2O. The lowest BCUT2D eigenvalue weighted by molar-refractivity contribution is -0.132. The Bertz CT molecular complexity index is 462. The van der Waals surface area contributed by atoms with Gasteiger partial charge in [0.05, 0.1) is 6.04 Å². The largest absolute Gasteiger partial charge is 0.336 e. The molecule has 0 radical (unpaired) electrons. The van der Waals surface area contributed by atoms with Gasteiger partial charge in [-0.1, -0.05) is 29.8 Å². The van der Waals surface area contributed by atoms with Crippen LogP contribution in [0.4, 0.5) is 0 Å². The van der Waals surface area contributed by atoms with E-state index in [0.717, 1.165) is 42.8 Å². The number of rotatable bonds is 5. The van der Waals surface area contributed by atoms with Crippen molar-refractivity contribution in [1.29, 1.82) is 0 Å². The molecule has 1 aliphatic rings. The molecule has 0 aliphatic carbocycles. The summed E-state index contributed by atoms with van der Waals surface area (Å²) in [6.45, 7) is 2.82. The zero-order chi connectivity index (χ0) is 14.5. The van der Waals surface area contributed by atoms with Crippen LogP contribution in [-0.2, 0) is 4.79 Å². The Morgan fingerprint density at radius 3 is 2.95 bits per heavy atom. The van der Waals surface area contributed by atoms with Crippen LogP contribution in [0.5, 0.6) is 0 Å². The number of nitrogens with two attached hydrogens (primary N) is 1. The Balaban J connectivity index is 2.00. The van der Waals surface area contributed by atoms with Gasteiger partial charge in [-0.15, -0.1) is 0 Å². The molecule has 1 fully saturated rings. The van der Waals surface area contributed by atoms with E-state index in [0.29, 0.717) is 6.42 Å². The van der Waals surface area contributed by atoms with Gasteiger partial charge in [0.1, 0.15) is 0 Å². The Morgan fingerprint density at radius 1 is 1.50 bits per heavy atom. The predicted molar refractivity (Wildman–Crippen MR) is 82.6 cm³/mol. The van der Waals surface area contributed by atoms with E-state index in [1.807, 2.05) is 36.1 Å². The van der Waals surface area contributed by atoms with Crippen LogP contribution >= 0.6 is 11.6 Å². The van der Waals surface area contributed by atoms with Gasteiger partial charge in [-0.25, -0.2) is 0 Å². The summed E-state index contributed by atoms with van der Waals surface area (Å²) in [4.78, 5) is 14.4. The van der Waals surface area contributed by atoms with Crippen molar-refractivity contribution in [2.45, 2.75) is 51.1 Å². The Morgan fingerprint density at radius 2 is 2.25 bits per heavy atom. The van der Waals surface area contributed by atoms with Crippen molar-refractivity contribution in [1.82, 2.24) is 4.90 Å². The summed E-state index contributed by atoms with van der Waals surface area (Å²) in [5.74, 6) is 0.230. The molecule has 110 valence electrons. The predicted octanol–water partition coefficient (Wildman–Crippen LogP) is 3.52. The van der Waals surface area contributed by atoms with Crippen LogP contribution in [-0.4, -0.2) is 23.4 Å². The minimum Gasteiger partial charge on any atom is -0.336 e. The van der Waals surface area contributed by atoms with Crippen LogP contribution in [0.1, 0.15) is 50.6 Å². The van der Waals surface area contributed by atoms with Crippen LogP contribution in [0, 0.1) is 0 Å². The molecule has 1 aromatic rings. The second-order valence-corrected chi connectivity index (χ2v) is 6.04. The molecule has 0 bridgehead atoms. The highest BCUT2D eigenvalue weighted by Gasteiger charge is 2.30. The van der Waals surface area contributed by atoms with Gasteiger partial charge < -0.3 is 10.6 Å². The van der Waals surface area contributed by atoms with Gasteiger partial charge in [0.15, 0.2) is 0 Å². The number of nitrogens with zero attached hydrogens (tertiary/aromatic N) is 1. The number of carbonyl (C=O) groups is 1. The zero-order valence-corrected chi connectivity index (χ0v) is 12.8. The summed E-state index contributed by atoms with van der Waals surface area (Å²) in [5, 5.41) is 0.757. The first-order valence-electron chi connectivity index (χ1n) is 7.39.